The monoisotopic (exact) mass is 149 g/mol. The summed E-state index contributed by atoms with van der Waals surface area (Å²) in [6.45, 7) is 3.99. The van der Waals surface area contributed by atoms with Gasteiger partial charge in [0.15, 0.2) is 0 Å². The summed E-state index contributed by atoms with van der Waals surface area (Å²) in [5.41, 5.74) is 0.872. The molecule has 0 amide bonds. The van der Waals surface area contributed by atoms with Crippen molar-refractivity contribution in [1.82, 2.24) is 0 Å². The van der Waals surface area contributed by atoms with Gasteiger partial charge in [-0.25, -0.2) is 0 Å². The molecule has 0 heterocycles. The minimum Gasteiger partial charge on any atom is -0.368 e. The Morgan fingerprint density at radius 1 is 1.18 bits per heavy atom. The van der Waals surface area contributed by atoms with Crippen LogP contribution in [0.5, 0.6) is 0 Å². The van der Waals surface area contributed by atoms with Crippen LogP contribution in [0.4, 0.5) is 0 Å². The van der Waals surface area contributed by atoms with Crippen LogP contribution in [0.25, 0.3) is 0 Å². The second kappa shape index (κ2) is 3.05. The first kappa shape index (κ1) is 8.28. The van der Waals surface area contributed by atoms with Crippen LogP contribution in [0.1, 0.15) is 19.4 Å². The molecule has 0 saturated carbocycles. The minimum absolute atomic E-state index is 0.277. The second-order valence-electron chi connectivity index (χ2n) is 3.02. The van der Waals surface area contributed by atoms with Crippen LogP contribution >= 0.6 is 0 Å². The van der Waals surface area contributed by atoms with Gasteiger partial charge in [0.1, 0.15) is 0 Å². The van der Waals surface area contributed by atoms with Crippen molar-refractivity contribution in [3.8, 4) is 0 Å². The first-order chi connectivity index (χ1) is 5.17. The van der Waals surface area contributed by atoms with Crippen LogP contribution in [-0.4, -0.2) is 0 Å². The SMILES string of the molecule is [CH2]OC(C)(C)c1ccccc1. The van der Waals surface area contributed by atoms with Crippen molar-refractivity contribution in [2.24, 2.45) is 0 Å². The third kappa shape index (κ3) is 1.81. The molecule has 0 aliphatic heterocycles. The Morgan fingerprint density at radius 2 is 1.73 bits per heavy atom. The van der Waals surface area contributed by atoms with Gasteiger partial charge in [-0.15, -0.1) is 0 Å². The molecule has 0 aliphatic rings. The van der Waals surface area contributed by atoms with Crippen molar-refractivity contribution in [2.75, 3.05) is 0 Å². The fourth-order valence-corrected chi connectivity index (χ4v) is 0.923. The smallest absolute Gasteiger partial charge is 0.0876 e. The topological polar surface area (TPSA) is 9.23 Å². The summed E-state index contributed by atoms with van der Waals surface area (Å²) in [4.78, 5) is 0. The molecule has 1 rings (SSSR count). The van der Waals surface area contributed by atoms with Crippen LogP contribution in [0.15, 0.2) is 30.3 Å². The molecule has 0 aromatic heterocycles. The van der Waals surface area contributed by atoms with Crippen molar-refractivity contribution < 1.29 is 4.74 Å². The summed E-state index contributed by atoms with van der Waals surface area (Å²) in [5.74, 6) is 0. The summed E-state index contributed by atoms with van der Waals surface area (Å²) in [6.07, 6.45) is 0. The van der Waals surface area contributed by atoms with Crippen molar-refractivity contribution in [2.45, 2.75) is 19.4 Å². The summed E-state index contributed by atoms with van der Waals surface area (Å²) >= 11 is 0. The summed E-state index contributed by atoms with van der Waals surface area (Å²) in [5, 5.41) is 0. The molecule has 0 unspecified atom stereocenters. The molecule has 1 nitrogen and oxygen atoms in total. The lowest BCUT2D eigenvalue weighted by molar-refractivity contribution is 0.0496. The molecule has 0 spiro atoms. The molecule has 0 atom stereocenters. The highest BCUT2D eigenvalue weighted by Gasteiger charge is 2.17. The summed E-state index contributed by atoms with van der Waals surface area (Å²) < 4.78 is 5.07. The van der Waals surface area contributed by atoms with Gasteiger partial charge in [0, 0.05) is 0 Å². The Bertz CT molecular complexity index is 214. The average Bonchev–Trinajstić information content (AvgIpc) is 2.06. The van der Waals surface area contributed by atoms with Crippen LogP contribution in [0.2, 0.25) is 0 Å². The van der Waals surface area contributed by atoms with Gasteiger partial charge in [0.25, 0.3) is 0 Å². The van der Waals surface area contributed by atoms with E-state index in [1.54, 1.807) is 0 Å². The van der Waals surface area contributed by atoms with Crippen LogP contribution in [0.3, 0.4) is 0 Å². The van der Waals surface area contributed by atoms with Crippen LogP contribution < -0.4 is 0 Å². The second-order valence-corrected chi connectivity index (χ2v) is 3.02. The first-order valence-corrected chi connectivity index (χ1v) is 3.65. The lowest BCUT2D eigenvalue weighted by atomic mass is 9.98. The Kier molecular flexibility index (Phi) is 2.30. The Balaban J connectivity index is 2.93. The number of ether oxygens (including phenoxy) is 1. The summed E-state index contributed by atoms with van der Waals surface area (Å²) in [6, 6.07) is 10.0. The van der Waals surface area contributed by atoms with E-state index in [0.29, 0.717) is 0 Å². The number of rotatable bonds is 2. The van der Waals surface area contributed by atoms with Crippen molar-refractivity contribution >= 4 is 0 Å². The van der Waals surface area contributed by atoms with Gasteiger partial charge in [0.05, 0.1) is 12.7 Å². The molecule has 59 valence electrons. The molecule has 1 radical (unpaired) electrons. The average molecular weight is 149 g/mol. The van der Waals surface area contributed by atoms with E-state index in [0.717, 1.165) is 5.56 Å². The van der Waals surface area contributed by atoms with E-state index in [-0.39, 0.29) is 5.60 Å². The molecule has 1 aromatic rings. The lowest BCUT2D eigenvalue weighted by Gasteiger charge is -2.22. The predicted octanol–water partition coefficient (Wildman–Crippen LogP) is 2.73. The molecule has 0 fully saturated rings. The predicted molar refractivity (Wildman–Crippen MR) is 45.9 cm³/mol. The largest absolute Gasteiger partial charge is 0.368 e. The molecule has 0 aliphatic carbocycles. The fraction of sp³-hybridized carbons (Fsp3) is 0.300. The van der Waals surface area contributed by atoms with Crippen LogP contribution in [-0.2, 0) is 10.3 Å². The van der Waals surface area contributed by atoms with Crippen LogP contribution in [0, 0.1) is 7.11 Å². The highest BCUT2D eigenvalue weighted by molar-refractivity contribution is 5.20. The highest BCUT2D eigenvalue weighted by Crippen LogP contribution is 2.22. The normalized spacial score (nSPS) is 11.5. The van der Waals surface area contributed by atoms with E-state index in [1.807, 2.05) is 44.2 Å². The van der Waals surface area contributed by atoms with Crippen molar-refractivity contribution in [3.63, 3.8) is 0 Å². The molecule has 11 heavy (non-hydrogen) atoms. The Hall–Kier alpha value is -0.820. The van der Waals surface area contributed by atoms with Gasteiger partial charge in [-0.2, -0.15) is 0 Å². The maximum Gasteiger partial charge on any atom is 0.0876 e. The van der Waals surface area contributed by atoms with E-state index >= 15 is 0 Å². The maximum atomic E-state index is 5.07. The maximum absolute atomic E-state index is 5.07. The molecule has 0 N–H and O–H groups in total. The first-order valence-electron chi connectivity index (χ1n) is 3.65. The van der Waals surface area contributed by atoms with E-state index < -0.39 is 0 Å². The van der Waals surface area contributed by atoms with Gasteiger partial charge < -0.3 is 4.74 Å². The van der Waals surface area contributed by atoms with E-state index in [1.165, 1.54) is 0 Å². The molecule has 1 heteroatoms. The van der Waals surface area contributed by atoms with Crippen molar-refractivity contribution in [3.05, 3.63) is 43.0 Å². The quantitative estimate of drug-likeness (QED) is 0.628. The molecule has 1 aromatic carbocycles. The van der Waals surface area contributed by atoms with E-state index in [9.17, 15) is 0 Å². The van der Waals surface area contributed by atoms with Gasteiger partial charge >= 0.3 is 0 Å². The lowest BCUT2D eigenvalue weighted by Crippen LogP contribution is -2.17. The zero-order valence-corrected chi connectivity index (χ0v) is 7.00. The highest BCUT2D eigenvalue weighted by atomic mass is 16.5. The molecule has 0 bridgehead atoms. The minimum atomic E-state index is -0.277. The van der Waals surface area contributed by atoms with E-state index in [2.05, 4.69) is 7.11 Å². The third-order valence-electron chi connectivity index (χ3n) is 1.83. The van der Waals surface area contributed by atoms with Crippen molar-refractivity contribution in [1.29, 1.82) is 0 Å². The van der Waals surface area contributed by atoms with E-state index in [4.69, 9.17) is 4.74 Å². The van der Waals surface area contributed by atoms with Gasteiger partial charge in [-0.1, -0.05) is 30.3 Å². The number of hydrogen-bond donors (Lipinski definition) is 0. The van der Waals surface area contributed by atoms with Gasteiger partial charge in [-0.05, 0) is 19.4 Å². The molecule has 0 saturated heterocycles. The third-order valence-corrected chi connectivity index (χ3v) is 1.83. The zero-order valence-electron chi connectivity index (χ0n) is 7.00. The Labute approximate surface area is 68.0 Å². The zero-order chi connectivity index (χ0) is 8.32. The number of benzene rings is 1. The van der Waals surface area contributed by atoms with Gasteiger partial charge in [-0.3, -0.25) is 0 Å². The standard InChI is InChI=1S/C10H13O/c1-10(2,11-3)9-7-5-4-6-8-9/h4-8H,3H2,1-2H3. The van der Waals surface area contributed by atoms with Gasteiger partial charge in [0.2, 0.25) is 0 Å². The summed E-state index contributed by atoms with van der Waals surface area (Å²) in [7, 11) is 3.43. The molecular weight excluding hydrogens is 136 g/mol. The molecular formula is C10H13O. The fourth-order valence-electron chi connectivity index (χ4n) is 0.923. The number of hydrogen-bond acceptors (Lipinski definition) is 1. The Morgan fingerprint density at radius 3 is 2.18 bits per heavy atom.